The van der Waals surface area contributed by atoms with Gasteiger partial charge in [-0.05, 0) is 30.3 Å². The summed E-state index contributed by atoms with van der Waals surface area (Å²) in [4.78, 5) is 14.6. The fourth-order valence-corrected chi connectivity index (χ4v) is 4.38. The zero-order valence-corrected chi connectivity index (χ0v) is 16.4. The van der Waals surface area contributed by atoms with Crippen molar-refractivity contribution in [3.8, 4) is 11.5 Å². The molecule has 7 heteroatoms. The topological polar surface area (TPSA) is 50.8 Å². The third-order valence-electron chi connectivity index (χ3n) is 3.93. The van der Waals surface area contributed by atoms with Crippen molar-refractivity contribution < 1.29 is 14.3 Å². The summed E-state index contributed by atoms with van der Waals surface area (Å²) in [5.74, 6) is 2.37. The molecule has 0 saturated carbocycles. The van der Waals surface area contributed by atoms with E-state index < -0.39 is 0 Å². The van der Waals surface area contributed by atoms with Gasteiger partial charge in [0.1, 0.15) is 16.9 Å². The number of carbonyl (C=O) groups excluding carboxylic acids is 1. The van der Waals surface area contributed by atoms with Crippen LogP contribution in [0.5, 0.6) is 11.5 Å². The van der Waals surface area contributed by atoms with Gasteiger partial charge in [0.2, 0.25) is 0 Å². The Morgan fingerprint density at radius 3 is 2.84 bits per heavy atom. The van der Waals surface area contributed by atoms with Crippen molar-refractivity contribution in [3.63, 3.8) is 0 Å². The van der Waals surface area contributed by atoms with Gasteiger partial charge in [-0.15, -0.1) is 11.8 Å². The number of amides is 2. The molecule has 1 atom stereocenters. The Labute approximate surface area is 159 Å². The number of benzene rings is 2. The Morgan fingerprint density at radius 1 is 1.24 bits per heavy atom. The minimum absolute atomic E-state index is 0.0851. The van der Waals surface area contributed by atoms with Gasteiger partial charge in [0, 0.05) is 34.1 Å². The third kappa shape index (κ3) is 4.04. The van der Waals surface area contributed by atoms with Crippen LogP contribution in [0.2, 0.25) is 0 Å². The van der Waals surface area contributed by atoms with Gasteiger partial charge in [-0.3, -0.25) is 0 Å². The second kappa shape index (κ2) is 8.01. The molecule has 1 aliphatic heterocycles. The smallest absolute Gasteiger partial charge is 0.323 e. The number of hydrogen-bond acceptors (Lipinski definition) is 4. The summed E-state index contributed by atoms with van der Waals surface area (Å²) in [5, 5.41) is 2.87. The van der Waals surface area contributed by atoms with E-state index in [2.05, 4.69) is 21.2 Å². The van der Waals surface area contributed by atoms with Crippen LogP contribution in [0.4, 0.5) is 10.5 Å². The van der Waals surface area contributed by atoms with E-state index in [0.717, 1.165) is 21.5 Å². The molecule has 1 saturated heterocycles. The highest BCUT2D eigenvalue weighted by molar-refractivity contribution is 9.10. The number of methoxy groups -OCH3 is 2. The monoisotopic (exact) mass is 422 g/mol. The van der Waals surface area contributed by atoms with E-state index in [9.17, 15) is 4.79 Å². The first-order valence-corrected chi connectivity index (χ1v) is 9.63. The first kappa shape index (κ1) is 17.9. The summed E-state index contributed by atoms with van der Waals surface area (Å²) in [7, 11) is 3.25. The lowest BCUT2D eigenvalue weighted by Gasteiger charge is -2.26. The highest BCUT2D eigenvalue weighted by atomic mass is 79.9. The summed E-state index contributed by atoms with van der Waals surface area (Å²) >= 11 is 5.23. The summed E-state index contributed by atoms with van der Waals surface area (Å²) < 4.78 is 11.6. The molecule has 3 rings (SSSR count). The molecule has 2 aromatic carbocycles. The van der Waals surface area contributed by atoms with E-state index in [4.69, 9.17) is 9.47 Å². The van der Waals surface area contributed by atoms with Crippen LogP contribution in [-0.2, 0) is 0 Å². The van der Waals surface area contributed by atoms with Crippen molar-refractivity contribution in [2.75, 3.05) is 31.8 Å². The van der Waals surface area contributed by atoms with E-state index >= 15 is 0 Å². The SMILES string of the molecule is COc1cccc(NC(=O)N2CCS[C@H]2c2cc(Br)ccc2OC)c1. The number of nitrogens with one attached hydrogen (secondary N) is 1. The predicted molar refractivity (Wildman–Crippen MR) is 105 cm³/mol. The number of halogens is 1. The van der Waals surface area contributed by atoms with Gasteiger partial charge < -0.3 is 19.7 Å². The number of rotatable bonds is 4. The standard InChI is InChI=1S/C18H19BrN2O3S/c1-23-14-5-3-4-13(11-14)20-18(22)21-8-9-25-17(21)15-10-12(19)6-7-16(15)24-2/h3-7,10-11,17H,8-9H2,1-2H3,(H,20,22)/t17-/m0/s1. The van der Waals surface area contributed by atoms with Gasteiger partial charge in [-0.2, -0.15) is 0 Å². The molecule has 132 valence electrons. The minimum atomic E-state index is -0.134. The number of anilines is 1. The lowest BCUT2D eigenvalue weighted by Crippen LogP contribution is -2.34. The number of thioether (sulfide) groups is 1. The molecule has 2 aromatic rings. The van der Waals surface area contributed by atoms with Crippen molar-refractivity contribution in [1.29, 1.82) is 0 Å². The lowest BCUT2D eigenvalue weighted by atomic mass is 10.2. The molecule has 0 aromatic heterocycles. The summed E-state index contributed by atoms with van der Waals surface area (Å²) in [6.07, 6.45) is 0. The van der Waals surface area contributed by atoms with E-state index in [-0.39, 0.29) is 11.4 Å². The largest absolute Gasteiger partial charge is 0.497 e. The first-order valence-electron chi connectivity index (χ1n) is 7.79. The average molecular weight is 423 g/mol. The fraction of sp³-hybridized carbons (Fsp3) is 0.278. The van der Waals surface area contributed by atoms with E-state index in [1.807, 2.05) is 41.3 Å². The highest BCUT2D eigenvalue weighted by Gasteiger charge is 2.32. The first-order chi connectivity index (χ1) is 12.1. The van der Waals surface area contributed by atoms with Crippen molar-refractivity contribution in [2.24, 2.45) is 0 Å². The van der Waals surface area contributed by atoms with Crippen molar-refractivity contribution in [1.82, 2.24) is 4.90 Å². The summed E-state index contributed by atoms with van der Waals surface area (Å²) in [6.45, 7) is 0.681. The zero-order chi connectivity index (χ0) is 17.8. The van der Waals surface area contributed by atoms with Crippen LogP contribution in [0.3, 0.4) is 0 Å². The fourth-order valence-electron chi connectivity index (χ4n) is 2.73. The maximum Gasteiger partial charge on any atom is 0.323 e. The molecule has 1 fully saturated rings. The van der Waals surface area contributed by atoms with E-state index in [1.54, 1.807) is 32.0 Å². The highest BCUT2D eigenvalue weighted by Crippen LogP contribution is 2.43. The molecule has 0 aliphatic carbocycles. The van der Waals surface area contributed by atoms with Crippen LogP contribution in [0.15, 0.2) is 46.9 Å². The summed E-state index contributed by atoms with van der Waals surface area (Å²) in [5.41, 5.74) is 1.70. The van der Waals surface area contributed by atoms with Gasteiger partial charge in [0.05, 0.1) is 14.2 Å². The molecule has 25 heavy (non-hydrogen) atoms. The molecule has 1 aliphatic rings. The van der Waals surface area contributed by atoms with Crippen LogP contribution in [0.1, 0.15) is 10.9 Å². The van der Waals surface area contributed by atoms with Crippen molar-refractivity contribution in [2.45, 2.75) is 5.37 Å². The molecule has 0 radical (unpaired) electrons. The minimum Gasteiger partial charge on any atom is -0.497 e. The maximum atomic E-state index is 12.8. The second-order valence-corrected chi connectivity index (χ2v) is 7.57. The number of carbonyl (C=O) groups is 1. The number of ether oxygens (including phenoxy) is 2. The molecule has 0 bridgehead atoms. The average Bonchev–Trinajstić information content (AvgIpc) is 3.11. The Kier molecular flexibility index (Phi) is 5.75. The molecular weight excluding hydrogens is 404 g/mol. The van der Waals surface area contributed by atoms with Gasteiger partial charge in [0.15, 0.2) is 0 Å². The van der Waals surface area contributed by atoms with Crippen molar-refractivity contribution in [3.05, 3.63) is 52.5 Å². The molecule has 5 nitrogen and oxygen atoms in total. The van der Waals surface area contributed by atoms with Crippen molar-refractivity contribution >= 4 is 39.4 Å². The molecular formula is C18H19BrN2O3S. The third-order valence-corrected chi connectivity index (χ3v) is 5.67. The number of hydrogen-bond donors (Lipinski definition) is 1. The molecule has 0 spiro atoms. The Morgan fingerprint density at radius 2 is 2.08 bits per heavy atom. The summed E-state index contributed by atoms with van der Waals surface area (Å²) in [6, 6.07) is 13.1. The van der Waals surface area contributed by atoms with Crippen LogP contribution >= 0.6 is 27.7 Å². The Bertz CT molecular complexity index is 772. The normalized spacial score (nSPS) is 16.6. The van der Waals surface area contributed by atoms with Gasteiger partial charge in [0.25, 0.3) is 0 Å². The lowest BCUT2D eigenvalue weighted by molar-refractivity contribution is 0.213. The van der Waals surface area contributed by atoms with Crippen LogP contribution in [-0.4, -0.2) is 37.4 Å². The van der Waals surface area contributed by atoms with Crippen LogP contribution in [0.25, 0.3) is 0 Å². The Balaban J connectivity index is 1.81. The van der Waals surface area contributed by atoms with E-state index in [1.165, 1.54) is 0 Å². The van der Waals surface area contributed by atoms with E-state index in [0.29, 0.717) is 18.0 Å². The predicted octanol–water partition coefficient (Wildman–Crippen LogP) is 4.75. The van der Waals surface area contributed by atoms with Gasteiger partial charge >= 0.3 is 6.03 Å². The van der Waals surface area contributed by atoms with Crippen LogP contribution < -0.4 is 14.8 Å². The molecule has 0 unspecified atom stereocenters. The zero-order valence-electron chi connectivity index (χ0n) is 14.0. The number of urea groups is 1. The molecule has 2 amide bonds. The molecule has 1 heterocycles. The quantitative estimate of drug-likeness (QED) is 0.772. The van der Waals surface area contributed by atoms with Gasteiger partial charge in [-0.25, -0.2) is 4.79 Å². The van der Waals surface area contributed by atoms with Gasteiger partial charge in [-0.1, -0.05) is 22.0 Å². The second-order valence-electron chi connectivity index (χ2n) is 5.46. The molecule has 1 N–H and O–H groups in total. The Hall–Kier alpha value is -1.86. The van der Waals surface area contributed by atoms with Crippen LogP contribution in [0, 0.1) is 0 Å². The number of nitrogens with zero attached hydrogens (tertiary/aromatic N) is 1. The maximum absolute atomic E-state index is 12.8.